The average Bonchev–Trinajstić information content (AvgIpc) is 2.97. The largest absolute Gasteiger partial charge is 0.494 e. The van der Waals surface area contributed by atoms with E-state index in [4.69, 9.17) is 10.00 Å². The van der Waals surface area contributed by atoms with Gasteiger partial charge in [0.25, 0.3) is 5.91 Å². The summed E-state index contributed by atoms with van der Waals surface area (Å²) in [6.45, 7) is 0. The SMILES string of the molecule is COc1cccc2sc(NC(=O)c3cccc(C#N)c3)nc12. The van der Waals surface area contributed by atoms with Crippen LogP contribution in [0, 0.1) is 11.3 Å². The van der Waals surface area contributed by atoms with Gasteiger partial charge in [-0.3, -0.25) is 10.1 Å². The summed E-state index contributed by atoms with van der Waals surface area (Å²) in [5.74, 6) is 0.371. The van der Waals surface area contributed by atoms with Crippen molar-refractivity contribution in [3.63, 3.8) is 0 Å². The van der Waals surface area contributed by atoms with Gasteiger partial charge in [0.1, 0.15) is 11.3 Å². The number of benzene rings is 2. The molecule has 0 atom stereocenters. The van der Waals surface area contributed by atoms with Crippen molar-refractivity contribution >= 4 is 32.6 Å². The van der Waals surface area contributed by atoms with Gasteiger partial charge >= 0.3 is 0 Å². The molecule has 2 aromatic carbocycles. The Kier molecular flexibility index (Phi) is 3.73. The molecule has 6 heteroatoms. The van der Waals surface area contributed by atoms with Crippen LogP contribution in [-0.2, 0) is 0 Å². The van der Waals surface area contributed by atoms with Crippen LogP contribution in [0.25, 0.3) is 10.2 Å². The molecule has 1 N–H and O–H groups in total. The molecule has 0 aliphatic rings. The molecule has 3 rings (SSSR count). The zero-order chi connectivity index (χ0) is 15.5. The topological polar surface area (TPSA) is 75.0 Å². The third kappa shape index (κ3) is 2.62. The Bertz CT molecular complexity index is 896. The molecule has 0 fully saturated rings. The number of amides is 1. The Balaban J connectivity index is 1.89. The van der Waals surface area contributed by atoms with Crippen molar-refractivity contribution in [3.05, 3.63) is 53.6 Å². The van der Waals surface area contributed by atoms with E-state index >= 15 is 0 Å². The van der Waals surface area contributed by atoms with Crippen molar-refractivity contribution in [2.45, 2.75) is 0 Å². The number of carbonyl (C=O) groups excluding carboxylic acids is 1. The maximum absolute atomic E-state index is 12.2. The second-order valence-corrected chi connectivity index (χ2v) is 5.50. The number of para-hydroxylation sites is 1. The van der Waals surface area contributed by atoms with Gasteiger partial charge < -0.3 is 4.74 Å². The number of hydrogen-bond donors (Lipinski definition) is 1. The summed E-state index contributed by atoms with van der Waals surface area (Å²) in [6.07, 6.45) is 0. The summed E-state index contributed by atoms with van der Waals surface area (Å²) in [6, 6.07) is 14.2. The van der Waals surface area contributed by atoms with Crippen LogP contribution in [-0.4, -0.2) is 18.0 Å². The number of ether oxygens (including phenoxy) is 1. The van der Waals surface area contributed by atoms with Crippen LogP contribution in [0.4, 0.5) is 5.13 Å². The Labute approximate surface area is 130 Å². The minimum atomic E-state index is -0.296. The van der Waals surface area contributed by atoms with Gasteiger partial charge in [-0.2, -0.15) is 5.26 Å². The first-order valence-corrected chi connectivity index (χ1v) is 7.28. The Hall–Kier alpha value is -2.91. The number of hydrogen-bond acceptors (Lipinski definition) is 5. The van der Waals surface area contributed by atoms with Crippen LogP contribution < -0.4 is 10.1 Å². The van der Waals surface area contributed by atoms with Gasteiger partial charge in [-0.25, -0.2) is 4.98 Å². The Morgan fingerprint density at radius 1 is 1.32 bits per heavy atom. The van der Waals surface area contributed by atoms with Crippen molar-refractivity contribution in [2.24, 2.45) is 0 Å². The maximum atomic E-state index is 12.2. The molecule has 3 aromatic rings. The lowest BCUT2D eigenvalue weighted by Gasteiger charge is -2.01. The van der Waals surface area contributed by atoms with Gasteiger partial charge in [0, 0.05) is 5.56 Å². The molecule has 1 amide bonds. The standard InChI is InChI=1S/C16H11N3O2S/c1-21-12-6-3-7-13-14(12)18-16(22-13)19-15(20)11-5-2-4-10(8-11)9-17/h2-8H,1H3,(H,18,19,20). The minimum absolute atomic E-state index is 0.296. The van der Waals surface area contributed by atoms with Crippen molar-refractivity contribution in [3.8, 4) is 11.8 Å². The molecular formula is C16H11N3O2S. The van der Waals surface area contributed by atoms with Crippen LogP contribution >= 0.6 is 11.3 Å². The van der Waals surface area contributed by atoms with Crippen LogP contribution in [0.1, 0.15) is 15.9 Å². The quantitative estimate of drug-likeness (QED) is 0.804. The van der Waals surface area contributed by atoms with Crippen LogP contribution in [0.15, 0.2) is 42.5 Å². The first-order chi connectivity index (χ1) is 10.7. The molecule has 108 valence electrons. The van der Waals surface area contributed by atoms with Gasteiger partial charge in [-0.1, -0.05) is 23.5 Å². The van der Waals surface area contributed by atoms with Crippen LogP contribution in [0.3, 0.4) is 0 Å². The lowest BCUT2D eigenvalue weighted by atomic mass is 10.1. The van der Waals surface area contributed by atoms with Gasteiger partial charge in [-0.15, -0.1) is 0 Å². The fourth-order valence-corrected chi connectivity index (χ4v) is 2.92. The highest BCUT2D eigenvalue weighted by Crippen LogP contribution is 2.32. The number of nitriles is 1. The van der Waals surface area contributed by atoms with Crippen LogP contribution in [0.5, 0.6) is 5.75 Å². The molecule has 0 radical (unpaired) electrons. The van der Waals surface area contributed by atoms with Gasteiger partial charge in [0.15, 0.2) is 5.13 Å². The molecule has 0 unspecified atom stereocenters. The fraction of sp³-hybridized carbons (Fsp3) is 0.0625. The predicted molar refractivity (Wildman–Crippen MR) is 85.3 cm³/mol. The molecule has 0 bridgehead atoms. The van der Waals surface area contributed by atoms with Crippen molar-refractivity contribution < 1.29 is 9.53 Å². The lowest BCUT2D eigenvalue weighted by Crippen LogP contribution is -2.11. The number of nitrogens with one attached hydrogen (secondary N) is 1. The normalized spacial score (nSPS) is 10.2. The van der Waals surface area contributed by atoms with E-state index in [-0.39, 0.29) is 5.91 Å². The third-order valence-electron chi connectivity index (χ3n) is 3.08. The number of rotatable bonds is 3. The second-order valence-electron chi connectivity index (χ2n) is 4.47. The maximum Gasteiger partial charge on any atom is 0.257 e. The Morgan fingerprint density at radius 3 is 2.91 bits per heavy atom. The van der Waals surface area contributed by atoms with E-state index in [2.05, 4.69) is 10.3 Å². The van der Waals surface area contributed by atoms with E-state index in [0.29, 0.717) is 22.0 Å². The average molecular weight is 309 g/mol. The summed E-state index contributed by atoms with van der Waals surface area (Å²) >= 11 is 1.37. The summed E-state index contributed by atoms with van der Waals surface area (Å²) in [4.78, 5) is 16.6. The number of fused-ring (bicyclic) bond motifs is 1. The van der Waals surface area contributed by atoms with E-state index < -0.39 is 0 Å². The highest BCUT2D eigenvalue weighted by atomic mass is 32.1. The molecule has 0 saturated heterocycles. The predicted octanol–water partition coefficient (Wildman–Crippen LogP) is 3.43. The molecule has 1 aromatic heterocycles. The minimum Gasteiger partial charge on any atom is -0.494 e. The number of nitrogens with zero attached hydrogens (tertiary/aromatic N) is 2. The lowest BCUT2D eigenvalue weighted by molar-refractivity contribution is 0.102. The van der Waals surface area contributed by atoms with Crippen molar-refractivity contribution in [1.82, 2.24) is 4.98 Å². The monoisotopic (exact) mass is 309 g/mol. The van der Waals surface area contributed by atoms with E-state index in [1.54, 1.807) is 31.4 Å². The molecular weight excluding hydrogens is 298 g/mol. The molecule has 0 saturated carbocycles. The smallest absolute Gasteiger partial charge is 0.257 e. The molecule has 0 aliphatic carbocycles. The van der Waals surface area contributed by atoms with E-state index in [1.807, 2.05) is 24.3 Å². The zero-order valence-electron chi connectivity index (χ0n) is 11.7. The van der Waals surface area contributed by atoms with E-state index in [0.717, 1.165) is 10.2 Å². The second kappa shape index (κ2) is 5.84. The van der Waals surface area contributed by atoms with Gasteiger partial charge in [-0.05, 0) is 30.3 Å². The molecule has 1 heterocycles. The first kappa shape index (κ1) is 14.0. The highest BCUT2D eigenvalue weighted by Gasteiger charge is 2.12. The van der Waals surface area contributed by atoms with Crippen LogP contribution in [0.2, 0.25) is 0 Å². The number of anilines is 1. The van der Waals surface area contributed by atoms with E-state index in [9.17, 15) is 4.79 Å². The van der Waals surface area contributed by atoms with Crippen molar-refractivity contribution in [2.75, 3.05) is 12.4 Å². The molecule has 0 spiro atoms. The number of thiazole rings is 1. The van der Waals surface area contributed by atoms with E-state index in [1.165, 1.54) is 11.3 Å². The van der Waals surface area contributed by atoms with Gasteiger partial charge in [0.2, 0.25) is 0 Å². The number of methoxy groups -OCH3 is 1. The summed E-state index contributed by atoms with van der Waals surface area (Å²) < 4.78 is 6.19. The zero-order valence-corrected chi connectivity index (χ0v) is 12.5. The highest BCUT2D eigenvalue weighted by molar-refractivity contribution is 7.22. The Morgan fingerprint density at radius 2 is 2.14 bits per heavy atom. The molecule has 22 heavy (non-hydrogen) atoms. The first-order valence-electron chi connectivity index (χ1n) is 6.46. The molecule has 0 aliphatic heterocycles. The summed E-state index contributed by atoms with van der Waals surface area (Å²) in [5.41, 5.74) is 1.58. The number of carbonyl (C=O) groups is 1. The summed E-state index contributed by atoms with van der Waals surface area (Å²) in [7, 11) is 1.58. The van der Waals surface area contributed by atoms with Gasteiger partial charge in [0.05, 0.1) is 23.4 Å². The van der Waals surface area contributed by atoms with Crippen molar-refractivity contribution in [1.29, 1.82) is 5.26 Å². The molecule has 5 nitrogen and oxygen atoms in total. The fourth-order valence-electron chi connectivity index (χ4n) is 2.04. The summed E-state index contributed by atoms with van der Waals surface area (Å²) in [5, 5.41) is 12.1. The third-order valence-corrected chi connectivity index (χ3v) is 4.01. The number of aromatic nitrogens is 1.